The first-order chi connectivity index (χ1) is 6.06. The molecule has 80 valence electrons. The number of aliphatic hydroxyl groups excluding tert-OH is 1. The van der Waals surface area contributed by atoms with Crippen molar-refractivity contribution in [2.45, 2.75) is 26.7 Å². The lowest BCUT2D eigenvalue weighted by atomic mass is 10.1. The maximum Gasteiger partial charge on any atom is 0.251 e. The third-order valence-corrected chi connectivity index (χ3v) is 1.84. The fraction of sp³-hybridized carbons (Fsp3) is 1.00. The molecule has 0 atom stereocenters. The molecule has 0 unspecified atom stereocenters. The third-order valence-electron chi connectivity index (χ3n) is 1.84. The summed E-state index contributed by atoms with van der Waals surface area (Å²) in [5.74, 6) is 0.513. The van der Waals surface area contributed by atoms with E-state index in [4.69, 9.17) is 5.11 Å². The van der Waals surface area contributed by atoms with Crippen molar-refractivity contribution >= 4 is 0 Å². The number of hydrogen-bond acceptors (Lipinski definition) is 2. The van der Waals surface area contributed by atoms with Crippen LogP contribution in [0.1, 0.15) is 20.3 Å². The first-order valence-electron chi connectivity index (χ1n) is 4.67. The highest BCUT2D eigenvalue weighted by Gasteiger charge is 2.11. The molecule has 0 aliphatic rings. The van der Waals surface area contributed by atoms with Crippen molar-refractivity contribution in [3.8, 4) is 0 Å². The van der Waals surface area contributed by atoms with E-state index in [1.165, 1.54) is 0 Å². The van der Waals surface area contributed by atoms with Crippen molar-refractivity contribution < 1.29 is 13.9 Å². The van der Waals surface area contributed by atoms with Gasteiger partial charge < -0.3 is 5.11 Å². The maximum atomic E-state index is 12.0. The fourth-order valence-electron chi connectivity index (χ4n) is 1.07. The molecule has 0 aromatic carbocycles. The van der Waals surface area contributed by atoms with Crippen LogP contribution in [0, 0.1) is 5.92 Å². The van der Waals surface area contributed by atoms with Gasteiger partial charge in [0.15, 0.2) is 0 Å². The Morgan fingerprint density at radius 2 is 1.85 bits per heavy atom. The number of hydrogen-bond donors (Lipinski definition) is 1. The zero-order valence-corrected chi connectivity index (χ0v) is 8.34. The second kappa shape index (κ2) is 7.21. The smallest absolute Gasteiger partial charge is 0.251 e. The number of nitrogens with zero attached hydrogens (tertiary/aromatic N) is 1. The Balaban J connectivity index is 3.66. The molecule has 0 aliphatic heterocycles. The molecular formula is C9H19F2NO. The Morgan fingerprint density at radius 1 is 1.23 bits per heavy atom. The summed E-state index contributed by atoms with van der Waals surface area (Å²) in [4.78, 5) is 1.60. The molecule has 4 heteroatoms. The molecule has 0 fully saturated rings. The van der Waals surface area contributed by atoms with Crippen LogP contribution in [-0.4, -0.2) is 42.7 Å². The average molecular weight is 195 g/mol. The predicted octanol–water partition coefficient (Wildman–Crippen LogP) is 1.59. The van der Waals surface area contributed by atoms with E-state index in [-0.39, 0.29) is 13.2 Å². The Bertz CT molecular complexity index is 120. The zero-order valence-electron chi connectivity index (χ0n) is 8.34. The average Bonchev–Trinajstić information content (AvgIpc) is 1.99. The van der Waals surface area contributed by atoms with Gasteiger partial charge in [0.1, 0.15) is 0 Å². The molecule has 0 aromatic rings. The minimum atomic E-state index is -2.31. The molecule has 0 radical (unpaired) electrons. The molecule has 0 aliphatic carbocycles. The van der Waals surface area contributed by atoms with Crippen molar-refractivity contribution in [2.24, 2.45) is 5.92 Å². The molecule has 2 nitrogen and oxygen atoms in total. The second-order valence-corrected chi connectivity index (χ2v) is 3.60. The second-order valence-electron chi connectivity index (χ2n) is 3.60. The molecule has 0 bridgehead atoms. The summed E-state index contributed by atoms with van der Waals surface area (Å²) in [7, 11) is 0. The van der Waals surface area contributed by atoms with Gasteiger partial charge >= 0.3 is 0 Å². The van der Waals surface area contributed by atoms with Gasteiger partial charge in [-0.15, -0.1) is 0 Å². The minimum Gasteiger partial charge on any atom is -0.395 e. The molecule has 0 amide bonds. The number of halogens is 2. The highest BCUT2D eigenvalue weighted by atomic mass is 19.3. The van der Waals surface area contributed by atoms with Gasteiger partial charge in [-0.2, -0.15) is 0 Å². The third kappa shape index (κ3) is 8.12. The van der Waals surface area contributed by atoms with Crippen molar-refractivity contribution in [1.29, 1.82) is 0 Å². The lowest BCUT2D eigenvalue weighted by Crippen LogP contribution is -2.33. The summed E-state index contributed by atoms with van der Waals surface area (Å²) in [6.45, 7) is 4.82. The summed E-state index contributed by atoms with van der Waals surface area (Å²) < 4.78 is 24.0. The van der Waals surface area contributed by atoms with E-state index < -0.39 is 6.43 Å². The van der Waals surface area contributed by atoms with Gasteiger partial charge in [-0.25, -0.2) is 8.78 Å². The van der Waals surface area contributed by atoms with Crippen LogP contribution < -0.4 is 0 Å². The Kier molecular flexibility index (Phi) is 7.09. The van der Waals surface area contributed by atoms with Gasteiger partial charge in [-0.1, -0.05) is 13.8 Å². The Morgan fingerprint density at radius 3 is 2.23 bits per heavy atom. The zero-order chi connectivity index (χ0) is 10.3. The first-order valence-corrected chi connectivity index (χ1v) is 4.67. The molecule has 0 rings (SSSR count). The summed E-state index contributed by atoms with van der Waals surface area (Å²) in [5, 5.41) is 8.63. The Hall–Kier alpha value is -0.220. The lowest BCUT2D eigenvalue weighted by Gasteiger charge is -2.21. The number of rotatable bonds is 7. The van der Waals surface area contributed by atoms with Crippen LogP contribution in [0.15, 0.2) is 0 Å². The van der Waals surface area contributed by atoms with Crippen LogP contribution in [0.4, 0.5) is 8.78 Å². The Labute approximate surface area is 78.5 Å². The fourth-order valence-corrected chi connectivity index (χ4v) is 1.07. The highest BCUT2D eigenvalue weighted by Crippen LogP contribution is 2.04. The van der Waals surface area contributed by atoms with E-state index in [0.29, 0.717) is 19.0 Å². The minimum absolute atomic E-state index is 0.0508. The van der Waals surface area contributed by atoms with Gasteiger partial charge in [0.05, 0.1) is 13.2 Å². The van der Waals surface area contributed by atoms with Crippen molar-refractivity contribution in [1.82, 2.24) is 4.90 Å². The normalized spacial score (nSPS) is 12.0. The standard InChI is InChI=1S/C9H19F2NO/c1-8(2)3-4-12(5-6-13)7-9(10)11/h8-9,13H,3-7H2,1-2H3. The molecule has 1 N–H and O–H groups in total. The van der Waals surface area contributed by atoms with E-state index in [2.05, 4.69) is 13.8 Å². The van der Waals surface area contributed by atoms with E-state index in [0.717, 1.165) is 6.42 Å². The molecular weight excluding hydrogens is 176 g/mol. The van der Waals surface area contributed by atoms with Gasteiger partial charge in [0, 0.05) is 6.54 Å². The van der Waals surface area contributed by atoms with Crippen LogP contribution >= 0.6 is 0 Å². The maximum absolute atomic E-state index is 12.0. The predicted molar refractivity (Wildman–Crippen MR) is 49.0 cm³/mol. The SMILES string of the molecule is CC(C)CCN(CCO)CC(F)F. The molecule has 13 heavy (non-hydrogen) atoms. The van der Waals surface area contributed by atoms with Crippen LogP contribution in [0.2, 0.25) is 0 Å². The topological polar surface area (TPSA) is 23.5 Å². The van der Waals surface area contributed by atoms with Crippen LogP contribution in [0.25, 0.3) is 0 Å². The summed E-state index contributed by atoms with van der Waals surface area (Å²) in [5.41, 5.74) is 0. The largest absolute Gasteiger partial charge is 0.395 e. The lowest BCUT2D eigenvalue weighted by molar-refractivity contribution is 0.0760. The summed E-state index contributed by atoms with van der Waals surface area (Å²) in [6, 6.07) is 0. The van der Waals surface area contributed by atoms with Gasteiger partial charge in [-0.3, -0.25) is 4.90 Å². The van der Waals surface area contributed by atoms with Gasteiger partial charge in [-0.05, 0) is 18.9 Å². The van der Waals surface area contributed by atoms with Gasteiger partial charge in [0.25, 0.3) is 6.43 Å². The van der Waals surface area contributed by atoms with Crippen LogP contribution in [0.5, 0.6) is 0 Å². The molecule has 0 heterocycles. The first kappa shape index (κ1) is 12.8. The van der Waals surface area contributed by atoms with E-state index in [1.807, 2.05) is 0 Å². The van der Waals surface area contributed by atoms with Crippen molar-refractivity contribution in [3.05, 3.63) is 0 Å². The van der Waals surface area contributed by atoms with E-state index >= 15 is 0 Å². The highest BCUT2D eigenvalue weighted by molar-refractivity contribution is 4.60. The van der Waals surface area contributed by atoms with Crippen molar-refractivity contribution in [2.75, 3.05) is 26.2 Å². The van der Waals surface area contributed by atoms with E-state index in [9.17, 15) is 8.78 Å². The summed E-state index contributed by atoms with van der Waals surface area (Å²) in [6.07, 6.45) is -1.41. The van der Waals surface area contributed by atoms with Crippen molar-refractivity contribution in [3.63, 3.8) is 0 Å². The quantitative estimate of drug-likeness (QED) is 0.667. The molecule has 0 saturated heterocycles. The molecule has 0 spiro atoms. The molecule has 0 aromatic heterocycles. The molecule has 0 saturated carbocycles. The van der Waals surface area contributed by atoms with Crippen LogP contribution in [-0.2, 0) is 0 Å². The number of alkyl halides is 2. The summed E-state index contributed by atoms with van der Waals surface area (Å²) >= 11 is 0. The number of aliphatic hydroxyl groups is 1. The van der Waals surface area contributed by atoms with E-state index in [1.54, 1.807) is 4.90 Å². The van der Waals surface area contributed by atoms with Gasteiger partial charge in [0.2, 0.25) is 0 Å². The monoisotopic (exact) mass is 195 g/mol. The van der Waals surface area contributed by atoms with Crippen LogP contribution in [0.3, 0.4) is 0 Å².